The molecule has 2 fully saturated rings. The van der Waals surface area contributed by atoms with E-state index in [1.54, 1.807) is 0 Å². The molecule has 2 saturated heterocycles. The molecule has 18 heavy (non-hydrogen) atoms. The Morgan fingerprint density at radius 2 is 1.72 bits per heavy atom. The molecule has 0 aromatic heterocycles. The molecule has 1 aromatic rings. The third-order valence-electron chi connectivity index (χ3n) is 4.33. The molecule has 0 bridgehead atoms. The molecule has 3 nitrogen and oxygen atoms in total. The zero-order valence-electron chi connectivity index (χ0n) is 10.6. The maximum atomic E-state index is 12.3. The number of piperidine rings is 1. The molecule has 0 saturated carbocycles. The van der Waals surface area contributed by atoms with Crippen LogP contribution in [-0.2, 0) is 0 Å². The molecule has 2 heterocycles. The molecule has 0 aliphatic carbocycles. The molecule has 2 aliphatic rings. The van der Waals surface area contributed by atoms with Gasteiger partial charge in [0, 0.05) is 18.7 Å². The maximum Gasteiger partial charge on any atom is 0.253 e. The number of carbonyl (C=O) groups is 1. The minimum Gasteiger partial charge on any atom is -0.339 e. The second-order valence-corrected chi connectivity index (χ2v) is 5.41. The van der Waals surface area contributed by atoms with E-state index in [-0.39, 0.29) is 5.91 Å². The molecule has 1 aromatic carbocycles. The monoisotopic (exact) mass is 244 g/mol. The summed E-state index contributed by atoms with van der Waals surface area (Å²) in [5.74, 6) is 1.88. The summed E-state index contributed by atoms with van der Waals surface area (Å²) in [5.41, 5.74) is 0.821. The first-order chi connectivity index (χ1) is 8.84. The third-order valence-corrected chi connectivity index (χ3v) is 4.33. The standard InChI is InChI=1S/C15H20N2O/c18-15(13-4-2-1-3-5-13)17-8-6-12(7-9-17)14-10-16-11-14/h1-5,12,14,16H,6-11H2. The molecule has 0 unspecified atom stereocenters. The molecule has 0 radical (unpaired) electrons. The molecule has 0 spiro atoms. The fourth-order valence-electron chi connectivity index (χ4n) is 2.98. The number of nitrogens with one attached hydrogen (secondary N) is 1. The van der Waals surface area contributed by atoms with E-state index in [0.29, 0.717) is 0 Å². The van der Waals surface area contributed by atoms with Crippen molar-refractivity contribution >= 4 is 5.91 Å². The molecule has 3 heteroatoms. The van der Waals surface area contributed by atoms with Crippen LogP contribution in [0.15, 0.2) is 30.3 Å². The van der Waals surface area contributed by atoms with Gasteiger partial charge in [0.2, 0.25) is 0 Å². The van der Waals surface area contributed by atoms with Crippen molar-refractivity contribution in [3.05, 3.63) is 35.9 Å². The van der Waals surface area contributed by atoms with Gasteiger partial charge < -0.3 is 10.2 Å². The number of carbonyl (C=O) groups excluding carboxylic acids is 1. The Labute approximate surface area is 108 Å². The zero-order valence-corrected chi connectivity index (χ0v) is 10.6. The highest BCUT2D eigenvalue weighted by molar-refractivity contribution is 5.94. The van der Waals surface area contributed by atoms with Crippen LogP contribution >= 0.6 is 0 Å². The molecule has 3 rings (SSSR count). The van der Waals surface area contributed by atoms with E-state index in [2.05, 4.69) is 5.32 Å². The van der Waals surface area contributed by atoms with Crippen LogP contribution in [0, 0.1) is 11.8 Å². The Morgan fingerprint density at radius 1 is 1.06 bits per heavy atom. The second kappa shape index (κ2) is 5.11. The van der Waals surface area contributed by atoms with E-state index >= 15 is 0 Å². The summed E-state index contributed by atoms with van der Waals surface area (Å²) in [5, 5.41) is 3.34. The zero-order chi connectivity index (χ0) is 12.4. The van der Waals surface area contributed by atoms with E-state index in [0.717, 1.165) is 30.5 Å². The van der Waals surface area contributed by atoms with E-state index < -0.39 is 0 Å². The number of benzene rings is 1. The van der Waals surface area contributed by atoms with E-state index in [1.807, 2.05) is 35.2 Å². The van der Waals surface area contributed by atoms with Crippen LogP contribution in [0.1, 0.15) is 23.2 Å². The lowest BCUT2D eigenvalue weighted by atomic mass is 9.81. The topological polar surface area (TPSA) is 32.3 Å². The lowest BCUT2D eigenvalue weighted by Crippen LogP contribution is -2.49. The first kappa shape index (κ1) is 11.7. The normalized spacial score (nSPS) is 21.7. The number of nitrogens with zero attached hydrogens (tertiary/aromatic N) is 1. The molecule has 1 amide bonds. The number of hydrogen-bond acceptors (Lipinski definition) is 2. The molecule has 2 aliphatic heterocycles. The quantitative estimate of drug-likeness (QED) is 0.859. The smallest absolute Gasteiger partial charge is 0.253 e. The lowest BCUT2D eigenvalue weighted by molar-refractivity contribution is 0.0629. The van der Waals surface area contributed by atoms with E-state index in [1.165, 1.54) is 25.9 Å². The summed E-state index contributed by atoms with van der Waals surface area (Å²) in [6, 6.07) is 9.63. The fraction of sp³-hybridized carbons (Fsp3) is 0.533. The van der Waals surface area contributed by atoms with Gasteiger partial charge in [0.25, 0.3) is 5.91 Å². The van der Waals surface area contributed by atoms with Gasteiger partial charge in [-0.2, -0.15) is 0 Å². The largest absolute Gasteiger partial charge is 0.339 e. The Morgan fingerprint density at radius 3 is 2.28 bits per heavy atom. The second-order valence-electron chi connectivity index (χ2n) is 5.41. The van der Waals surface area contributed by atoms with Gasteiger partial charge in [-0.1, -0.05) is 18.2 Å². The maximum absolute atomic E-state index is 12.3. The minimum absolute atomic E-state index is 0.195. The van der Waals surface area contributed by atoms with Gasteiger partial charge in [-0.3, -0.25) is 4.79 Å². The molecular formula is C15H20N2O. The van der Waals surface area contributed by atoms with Crippen LogP contribution in [0.5, 0.6) is 0 Å². The summed E-state index contributed by atoms with van der Waals surface area (Å²) in [6.45, 7) is 4.21. The summed E-state index contributed by atoms with van der Waals surface area (Å²) in [7, 11) is 0. The highest BCUT2D eigenvalue weighted by Crippen LogP contribution is 2.28. The highest BCUT2D eigenvalue weighted by Gasteiger charge is 2.31. The van der Waals surface area contributed by atoms with Crippen LogP contribution in [0.25, 0.3) is 0 Å². The molecule has 1 N–H and O–H groups in total. The van der Waals surface area contributed by atoms with Crippen molar-refractivity contribution in [2.75, 3.05) is 26.2 Å². The number of rotatable bonds is 2. The van der Waals surface area contributed by atoms with Crippen molar-refractivity contribution in [2.45, 2.75) is 12.8 Å². The summed E-state index contributed by atoms with van der Waals surface area (Å²) in [6.07, 6.45) is 2.34. The van der Waals surface area contributed by atoms with Crippen molar-refractivity contribution in [1.82, 2.24) is 10.2 Å². The van der Waals surface area contributed by atoms with E-state index in [4.69, 9.17) is 0 Å². The predicted molar refractivity (Wildman–Crippen MR) is 71.4 cm³/mol. The van der Waals surface area contributed by atoms with Crippen molar-refractivity contribution < 1.29 is 4.79 Å². The first-order valence-corrected chi connectivity index (χ1v) is 6.89. The Balaban J connectivity index is 1.57. The highest BCUT2D eigenvalue weighted by atomic mass is 16.2. The van der Waals surface area contributed by atoms with Gasteiger partial charge >= 0.3 is 0 Å². The van der Waals surface area contributed by atoms with Crippen molar-refractivity contribution in [1.29, 1.82) is 0 Å². The van der Waals surface area contributed by atoms with Crippen molar-refractivity contribution in [2.24, 2.45) is 11.8 Å². The lowest BCUT2D eigenvalue weighted by Gasteiger charge is -2.40. The van der Waals surface area contributed by atoms with E-state index in [9.17, 15) is 4.79 Å². The van der Waals surface area contributed by atoms with Gasteiger partial charge in [-0.05, 0) is 49.9 Å². The summed E-state index contributed by atoms with van der Waals surface area (Å²) >= 11 is 0. The van der Waals surface area contributed by atoms with Crippen LogP contribution < -0.4 is 5.32 Å². The Hall–Kier alpha value is -1.35. The predicted octanol–water partition coefficient (Wildman–Crippen LogP) is 1.76. The van der Waals surface area contributed by atoms with Gasteiger partial charge in [-0.15, -0.1) is 0 Å². The first-order valence-electron chi connectivity index (χ1n) is 6.89. The Bertz CT molecular complexity index is 406. The molecule has 96 valence electrons. The van der Waals surface area contributed by atoms with Gasteiger partial charge in [-0.25, -0.2) is 0 Å². The molecule has 0 atom stereocenters. The molecular weight excluding hydrogens is 224 g/mol. The van der Waals surface area contributed by atoms with Crippen LogP contribution in [0.2, 0.25) is 0 Å². The average molecular weight is 244 g/mol. The fourth-order valence-corrected chi connectivity index (χ4v) is 2.98. The van der Waals surface area contributed by atoms with Gasteiger partial charge in [0.1, 0.15) is 0 Å². The summed E-state index contributed by atoms with van der Waals surface area (Å²) < 4.78 is 0. The summed E-state index contributed by atoms with van der Waals surface area (Å²) in [4.78, 5) is 14.3. The van der Waals surface area contributed by atoms with Crippen LogP contribution in [0.4, 0.5) is 0 Å². The number of likely N-dealkylation sites (tertiary alicyclic amines) is 1. The third kappa shape index (κ3) is 2.27. The minimum atomic E-state index is 0.195. The van der Waals surface area contributed by atoms with Crippen LogP contribution in [-0.4, -0.2) is 37.0 Å². The number of hydrogen-bond donors (Lipinski definition) is 1. The van der Waals surface area contributed by atoms with Gasteiger partial charge in [0.15, 0.2) is 0 Å². The number of amides is 1. The van der Waals surface area contributed by atoms with Gasteiger partial charge in [0.05, 0.1) is 0 Å². The SMILES string of the molecule is O=C(c1ccccc1)N1CCC(C2CNC2)CC1. The Kier molecular flexibility index (Phi) is 3.33. The van der Waals surface area contributed by atoms with Crippen molar-refractivity contribution in [3.63, 3.8) is 0 Å². The average Bonchev–Trinajstić information content (AvgIpc) is 2.38. The van der Waals surface area contributed by atoms with Crippen molar-refractivity contribution in [3.8, 4) is 0 Å². The van der Waals surface area contributed by atoms with Crippen LogP contribution in [0.3, 0.4) is 0 Å².